The Hall–Kier alpha value is -1.22. The Kier molecular flexibility index (Phi) is 3.34. The van der Waals surface area contributed by atoms with E-state index in [4.69, 9.17) is 11.6 Å². The Morgan fingerprint density at radius 1 is 1.56 bits per heavy atom. The number of amides is 1. The molecule has 0 saturated heterocycles. The molecule has 0 atom stereocenters. The molecule has 1 heterocycles. The smallest absolute Gasteiger partial charge is 0.225 e. The van der Waals surface area contributed by atoms with E-state index < -0.39 is 0 Å². The van der Waals surface area contributed by atoms with Crippen LogP contribution in [-0.4, -0.2) is 25.4 Å². The quantitative estimate of drug-likeness (QED) is 0.820. The normalized spacial score (nSPS) is 13.8. The molecule has 2 rings (SSSR count). The number of rotatable bonds is 3. The van der Waals surface area contributed by atoms with Crippen LogP contribution in [0.5, 0.6) is 0 Å². The van der Waals surface area contributed by atoms with Gasteiger partial charge in [-0.25, -0.2) is 0 Å². The summed E-state index contributed by atoms with van der Waals surface area (Å²) in [6, 6.07) is 6.04. The van der Waals surface area contributed by atoms with Crippen molar-refractivity contribution in [3.63, 3.8) is 0 Å². The Labute approximate surface area is 100 Å². The molecule has 86 valence electrons. The van der Waals surface area contributed by atoms with Crippen molar-refractivity contribution in [3.05, 3.63) is 23.8 Å². The van der Waals surface area contributed by atoms with Gasteiger partial charge in [0.05, 0.1) is 0 Å². The van der Waals surface area contributed by atoms with Gasteiger partial charge in [0.25, 0.3) is 0 Å². The third-order valence-electron chi connectivity index (χ3n) is 2.81. The van der Waals surface area contributed by atoms with E-state index in [2.05, 4.69) is 23.3 Å². The van der Waals surface area contributed by atoms with Crippen molar-refractivity contribution in [2.75, 3.05) is 29.7 Å². The van der Waals surface area contributed by atoms with Gasteiger partial charge < -0.3 is 10.2 Å². The summed E-state index contributed by atoms with van der Waals surface area (Å²) >= 11 is 5.51. The summed E-state index contributed by atoms with van der Waals surface area (Å²) in [7, 11) is 2.08. The summed E-state index contributed by atoms with van der Waals surface area (Å²) in [6.07, 6.45) is 1.41. The predicted molar refractivity (Wildman–Crippen MR) is 67.4 cm³/mol. The van der Waals surface area contributed by atoms with E-state index >= 15 is 0 Å². The van der Waals surface area contributed by atoms with Gasteiger partial charge in [0.1, 0.15) is 0 Å². The average molecular weight is 239 g/mol. The van der Waals surface area contributed by atoms with Gasteiger partial charge in [0.15, 0.2) is 0 Å². The molecule has 16 heavy (non-hydrogen) atoms. The lowest BCUT2D eigenvalue weighted by atomic mass is 10.1. The summed E-state index contributed by atoms with van der Waals surface area (Å²) in [5.74, 6) is 0.334. The number of nitrogens with zero attached hydrogens (tertiary/aromatic N) is 1. The predicted octanol–water partition coefficient (Wildman–Crippen LogP) is 2.25. The average Bonchev–Trinajstić information content (AvgIpc) is 2.60. The molecule has 1 aromatic carbocycles. The number of alkyl halides is 1. The van der Waals surface area contributed by atoms with Gasteiger partial charge in [0, 0.05) is 37.3 Å². The van der Waals surface area contributed by atoms with Gasteiger partial charge in [-0.05, 0) is 30.2 Å². The maximum absolute atomic E-state index is 11.4. The molecule has 3 nitrogen and oxygen atoms in total. The second-order valence-electron chi connectivity index (χ2n) is 4.00. The molecule has 1 aromatic rings. The second-order valence-corrected chi connectivity index (χ2v) is 4.38. The summed E-state index contributed by atoms with van der Waals surface area (Å²) < 4.78 is 0. The lowest BCUT2D eigenvalue weighted by Gasteiger charge is -2.12. The molecular formula is C12H15ClN2O. The highest BCUT2D eigenvalue weighted by Crippen LogP contribution is 2.29. The number of nitrogens with one attached hydrogen (secondary N) is 1. The first-order valence-electron chi connectivity index (χ1n) is 5.40. The van der Waals surface area contributed by atoms with Gasteiger partial charge in [-0.3, -0.25) is 4.79 Å². The number of carbonyl (C=O) groups excluding carboxylic acids is 1. The van der Waals surface area contributed by atoms with Gasteiger partial charge >= 0.3 is 0 Å². The lowest BCUT2D eigenvalue weighted by molar-refractivity contribution is -0.115. The van der Waals surface area contributed by atoms with Crippen LogP contribution in [0.15, 0.2) is 18.2 Å². The van der Waals surface area contributed by atoms with Crippen molar-refractivity contribution in [2.24, 2.45) is 0 Å². The summed E-state index contributed by atoms with van der Waals surface area (Å²) in [6.45, 7) is 1.05. The third kappa shape index (κ3) is 2.30. The van der Waals surface area contributed by atoms with E-state index in [-0.39, 0.29) is 5.91 Å². The fourth-order valence-corrected chi connectivity index (χ4v) is 2.13. The third-order valence-corrected chi connectivity index (χ3v) is 3.00. The van der Waals surface area contributed by atoms with Gasteiger partial charge in [-0.2, -0.15) is 0 Å². The number of benzene rings is 1. The topological polar surface area (TPSA) is 32.3 Å². The number of carbonyl (C=O) groups is 1. The minimum Gasteiger partial charge on any atom is -0.374 e. The van der Waals surface area contributed by atoms with Gasteiger partial charge in [-0.15, -0.1) is 11.6 Å². The first kappa shape index (κ1) is 11.3. The monoisotopic (exact) mass is 238 g/mol. The number of hydrogen-bond acceptors (Lipinski definition) is 2. The lowest BCUT2D eigenvalue weighted by Crippen LogP contribution is -2.13. The number of likely N-dealkylation sites (N-methyl/N-ethyl adjacent to an activating group) is 1. The van der Waals surface area contributed by atoms with Crippen molar-refractivity contribution in [3.8, 4) is 0 Å². The Balaban J connectivity index is 2.10. The minimum atomic E-state index is -0.0266. The van der Waals surface area contributed by atoms with Crippen LogP contribution in [0.3, 0.4) is 0 Å². The Morgan fingerprint density at radius 3 is 3.12 bits per heavy atom. The first-order valence-corrected chi connectivity index (χ1v) is 5.94. The van der Waals surface area contributed by atoms with E-state index in [1.807, 2.05) is 12.1 Å². The molecule has 0 bridgehead atoms. The molecule has 4 heteroatoms. The fourth-order valence-electron chi connectivity index (χ4n) is 1.95. The maximum Gasteiger partial charge on any atom is 0.225 e. The van der Waals surface area contributed by atoms with Gasteiger partial charge in [0.2, 0.25) is 5.91 Å². The van der Waals surface area contributed by atoms with Crippen LogP contribution in [-0.2, 0) is 11.2 Å². The Morgan fingerprint density at radius 2 is 2.38 bits per heavy atom. The fraction of sp³-hybridized carbons (Fsp3) is 0.417. The van der Waals surface area contributed by atoms with E-state index in [1.165, 1.54) is 11.3 Å². The van der Waals surface area contributed by atoms with Crippen molar-refractivity contribution in [2.45, 2.75) is 12.8 Å². The zero-order valence-corrected chi connectivity index (χ0v) is 10.0. The SMILES string of the molecule is CN1CCc2cc(NC(=O)CCCl)ccc21. The second kappa shape index (κ2) is 4.74. The molecule has 0 spiro atoms. The van der Waals surface area contributed by atoms with Crippen LogP contribution in [0, 0.1) is 0 Å². The first-order chi connectivity index (χ1) is 7.70. The van der Waals surface area contributed by atoms with Crippen LogP contribution in [0.1, 0.15) is 12.0 Å². The van der Waals surface area contributed by atoms with Crippen LogP contribution in [0.25, 0.3) is 0 Å². The highest BCUT2D eigenvalue weighted by molar-refractivity contribution is 6.19. The molecular weight excluding hydrogens is 224 g/mol. The van der Waals surface area contributed by atoms with E-state index in [0.29, 0.717) is 12.3 Å². The largest absolute Gasteiger partial charge is 0.374 e. The van der Waals surface area contributed by atoms with Crippen LogP contribution >= 0.6 is 11.6 Å². The molecule has 1 aliphatic rings. The van der Waals surface area contributed by atoms with Crippen molar-refractivity contribution < 1.29 is 4.79 Å². The summed E-state index contributed by atoms with van der Waals surface area (Å²) in [5.41, 5.74) is 3.42. The molecule has 0 aromatic heterocycles. The van der Waals surface area contributed by atoms with Crippen molar-refractivity contribution in [1.29, 1.82) is 0 Å². The molecule has 1 N–H and O–H groups in total. The number of fused-ring (bicyclic) bond motifs is 1. The molecule has 0 aliphatic carbocycles. The molecule has 1 aliphatic heterocycles. The summed E-state index contributed by atoms with van der Waals surface area (Å²) in [5, 5.41) is 2.85. The standard InChI is InChI=1S/C12H15ClN2O/c1-15-7-5-9-8-10(2-3-11(9)15)14-12(16)4-6-13/h2-3,8H,4-7H2,1H3,(H,14,16). The number of halogens is 1. The van der Waals surface area contributed by atoms with E-state index in [9.17, 15) is 4.79 Å². The molecule has 0 unspecified atom stereocenters. The molecule has 1 amide bonds. The molecule has 0 saturated carbocycles. The highest BCUT2D eigenvalue weighted by Gasteiger charge is 2.15. The van der Waals surface area contributed by atoms with Crippen LogP contribution < -0.4 is 10.2 Å². The van der Waals surface area contributed by atoms with Gasteiger partial charge in [-0.1, -0.05) is 0 Å². The summed E-state index contributed by atoms with van der Waals surface area (Å²) in [4.78, 5) is 13.6. The van der Waals surface area contributed by atoms with E-state index in [0.717, 1.165) is 18.7 Å². The molecule has 0 fully saturated rings. The van der Waals surface area contributed by atoms with Crippen LogP contribution in [0.2, 0.25) is 0 Å². The molecule has 0 radical (unpaired) electrons. The number of anilines is 2. The minimum absolute atomic E-state index is 0.0266. The van der Waals surface area contributed by atoms with Crippen molar-refractivity contribution >= 4 is 28.9 Å². The van der Waals surface area contributed by atoms with E-state index in [1.54, 1.807) is 0 Å². The zero-order chi connectivity index (χ0) is 11.5. The maximum atomic E-state index is 11.4. The zero-order valence-electron chi connectivity index (χ0n) is 9.29. The number of hydrogen-bond donors (Lipinski definition) is 1. The van der Waals surface area contributed by atoms with Crippen molar-refractivity contribution in [1.82, 2.24) is 0 Å². The Bertz CT molecular complexity index is 406. The highest BCUT2D eigenvalue weighted by atomic mass is 35.5. The van der Waals surface area contributed by atoms with Crippen LogP contribution in [0.4, 0.5) is 11.4 Å².